The second-order valence-electron chi connectivity index (χ2n) is 6.28. The Labute approximate surface area is 117 Å². The van der Waals surface area contributed by atoms with E-state index in [0.717, 1.165) is 51.6 Å². The average Bonchev–Trinajstić information content (AvgIpc) is 2.44. The molecule has 0 aromatic heterocycles. The Kier molecular flexibility index (Phi) is 6.07. The van der Waals surface area contributed by atoms with Gasteiger partial charge in [-0.2, -0.15) is 0 Å². The first-order valence-electron chi connectivity index (χ1n) is 7.96. The van der Waals surface area contributed by atoms with E-state index in [1.54, 1.807) is 0 Å². The van der Waals surface area contributed by atoms with E-state index in [-0.39, 0.29) is 12.7 Å². The van der Waals surface area contributed by atoms with Crippen LogP contribution in [0.5, 0.6) is 0 Å². The van der Waals surface area contributed by atoms with Crippen LogP contribution in [0, 0.1) is 11.8 Å². The highest BCUT2D eigenvalue weighted by Crippen LogP contribution is 2.32. The van der Waals surface area contributed by atoms with Crippen molar-refractivity contribution >= 4 is 0 Å². The van der Waals surface area contributed by atoms with Crippen LogP contribution in [0.4, 0.5) is 0 Å². The van der Waals surface area contributed by atoms with Crippen molar-refractivity contribution < 1.29 is 10.2 Å². The normalized spacial score (nSPS) is 34.6. The highest BCUT2D eigenvalue weighted by molar-refractivity contribution is 4.83. The van der Waals surface area contributed by atoms with Crippen LogP contribution < -0.4 is 0 Å². The molecule has 2 N–H and O–H groups in total. The highest BCUT2D eigenvalue weighted by atomic mass is 16.3. The van der Waals surface area contributed by atoms with Crippen LogP contribution in [0.1, 0.15) is 32.6 Å². The Morgan fingerprint density at radius 1 is 1.05 bits per heavy atom. The van der Waals surface area contributed by atoms with Crippen LogP contribution >= 0.6 is 0 Å². The molecule has 3 unspecified atom stereocenters. The lowest BCUT2D eigenvalue weighted by Crippen LogP contribution is -2.50. The highest BCUT2D eigenvalue weighted by Gasteiger charge is 2.30. The summed E-state index contributed by atoms with van der Waals surface area (Å²) in [5.41, 5.74) is 0. The standard InChI is InChI=1S/C15H30N2O2/c1-2-13-3-4-15(19)14(11-13)12-17-7-5-16(6-8-17)9-10-18/h13-15,18-19H,2-12H2,1H3. The van der Waals surface area contributed by atoms with Gasteiger partial charge in [-0.15, -0.1) is 0 Å². The van der Waals surface area contributed by atoms with Gasteiger partial charge in [0.1, 0.15) is 0 Å². The van der Waals surface area contributed by atoms with Crippen molar-refractivity contribution in [2.24, 2.45) is 11.8 Å². The fraction of sp³-hybridized carbons (Fsp3) is 1.00. The van der Waals surface area contributed by atoms with Crippen LogP contribution in [-0.2, 0) is 0 Å². The van der Waals surface area contributed by atoms with Gasteiger partial charge in [-0.3, -0.25) is 4.90 Å². The third kappa shape index (κ3) is 4.42. The topological polar surface area (TPSA) is 46.9 Å². The average molecular weight is 270 g/mol. The molecule has 3 atom stereocenters. The SMILES string of the molecule is CCC1CCC(O)C(CN2CCN(CCO)CC2)C1. The summed E-state index contributed by atoms with van der Waals surface area (Å²) in [6, 6.07) is 0. The minimum absolute atomic E-state index is 0.0849. The Morgan fingerprint density at radius 2 is 1.74 bits per heavy atom. The molecule has 2 aliphatic rings. The molecule has 4 nitrogen and oxygen atoms in total. The molecule has 2 rings (SSSR count). The number of aliphatic hydroxyl groups excluding tert-OH is 2. The molecule has 19 heavy (non-hydrogen) atoms. The lowest BCUT2D eigenvalue weighted by molar-refractivity contribution is 0.0151. The predicted molar refractivity (Wildman–Crippen MR) is 77.1 cm³/mol. The maximum absolute atomic E-state index is 10.2. The Hall–Kier alpha value is -0.160. The van der Waals surface area contributed by atoms with Crippen molar-refractivity contribution in [2.45, 2.75) is 38.7 Å². The first-order valence-corrected chi connectivity index (χ1v) is 7.96. The minimum atomic E-state index is -0.0849. The van der Waals surface area contributed by atoms with E-state index in [1.165, 1.54) is 19.3 Å². The summed E-state index contributed by atoms with van der Waals surface area (Å²) in [7, 11) is 0. The maximum Gasteiger partial charge on any atom is 0.0580 e. The van der Waals surface area contributed by atoms with Crippen molar-refractivity contribution in [1.82, 2.24) is 9.80 Å². The zero-order valence-corrected chi connectivity index (χ0v) is 12.3. The molecule has 0 aromatic carbocycles. The molecule has 0 amide bonds. The maximum atomic E-state index is 10.2. The summed E-state index contributed by atoms with van der Waals surface area (Å²) < 4.78 is 0. The van der Waals surface area contributed by atoms with Crippen molar-refractivity contribution in [2.75, 3.05) is 45.9 Å². The molecule has 0 bridgehead atoms. The van der Waals surface area contributed by atoms with Crippen molar-refractivity contribution in [1.29, 1.82) is 0 Å². The summed E-state index contributed by atoms with van der Waals surface area (Å²) >= 11 is 0. The van der Waals surface area contributed by atoms with Gasteiger partial charge in [0.25, 0.3) is 0 Å². The van der Waals surface area contributed by atoms with Gasteiger partial charge in [-0.1, -0.05) is 13.3 Å². The van der Waals surface area contributed by atoms with Gasteiger partial charge < -0.3 is 15.1 Å². The number of piperazine rings is 1. The Balaban J connectivity index is 1.74. The van der Waals surface area contributed by atoms with E-state index >= 15 is 0 Å². The van der Waals surface area contributed by atoms with Gasteiger partial charge in [-0.25, -0.2) is 0 Å². The van der Waals surface area contributed by atoms with Crippen LogP contribution in [0.3, 0.4) is 0 Å². The molecule has 112 valence electrons. The van der Waals surface area contributed by atoms with Crippen LogP contribution in [0.25, 0.3) is 0 Å². The lowest BCUT2D eigenvalue weighted by atomic mass is 9.78. The largest absolute Gasteiger partial charge is 0.395 e. The van der Waals surface area contributed by atoms with E-state index in [2.05, 4.69) is 16.7 Å². The number of hydrogen-bond donors (Lipinski definition) is 2. The fourth-order valence-electron chi connectivity index (χ4n) is 3.58. The summed E-state index contributed by atoms with van der Waals surface area (Å²) in [5, 5.41) is 19.1. The molecule has 0 radical (unpaired) electrons. The van der Waals surface area contributed by atoms with Crippen LogP contribution in [0.15, 0.2) is 0 Å². The number of β-amino-alcohol motifs (C(OH)–C–C–N with tert-alkyl or cyclic N) is 1. The molecular weight excluding hydrogens is 240 g/mol. The zero-order chi connectivity index (χ0) is 13.7. The van der Waals surface area contributed by atoms with Gasteiger partial charge in [0.15, 0.2) is 0 Å². The van der Waals surface area contributed by atoms with E-state index < -0.39 is 0 Å². The first kappa shape index (κ1) is 15.2. The van der Waals surface area contributed by atoms with Crippen LogP contribution in [0.2, 0.25) is 0 Å². The van der Waals surface area contributed by atoms with Gasteiger partial charge in [0, 0.05) is 39.3 Å². The van der Waals surface area contributed by atoms with Crippen molar-refractivity contribution in [3.63, 3.8) is 0 Å². The molecule has 1 aliphatic carbocycles. The smallest absolute Gasteiger partial charge is 0.0580 e. The molecule has 0 aromatic rings. The summed E-state index contributed by atoms with van der Waals surface area (Å²) in [6.45, 7) is 8.68. The van der Waals surface area contributed by atoms with E-state index in [4.69, 9.17) is 5.11 Å². The zero-order valence-electron chi connectivity index (χ0n) is 12.3. The molecule has 1 saturated carbocycles. The monoisotopic (exact) mass is 270 g/mol. The minimum Gasteiger partial charge on any atom is -0.395 e. The Bertz CT molecular complexity index is 255. The number of nitrogens with zero attached hydrogens (tertiary/aromatic N) is 2. The second kappa shape index (κ2) is 7.58. The van der Waals surface area contributed by atoms with Crippen LogP contribution in [-0.4, -0.2) is 72.0 Å². The van der Waals surface area contributed by atoms with Gasteiger partial charge in [0.2, 0.25) is 0 Å². The molecule has 1 heterocycles. The third-order valence-electron chi connectivity index (χ3n) is 5.00. The summed E-state index contributed by atoms with van der Waals surface area (Å²) in [4.78, 5) is 4.82. The molecule has 0 spiro atoms. The molecule has 2 fully saturated rings. The van der Waals surface area contributed by atoms with Gasteiger partial charge >= 0.3 is 0 Å². The van der Waals surface area contributed by atoms with Gasteiger partial charge in [-0.05, 0) is 31.1 Å². The number of aliphatic hydroxyl groups is 2. The second-order valence-corrected chi connectivity index (χ2v) is 6.28. The molecule has 4 heteroatoms. The summed E-state index contributed by atoms with van der Waals surface area (Å²) in [5.74, 6) is 1.30. The molecular formula is C15H30N2O2. The fourth-order valence-corrected chi connectivity index (χ4v) is 3.58. The quantitative estimate of drug-likeness (QED) is 0.775. The van der Waals surface area contributed by atoms with Gasteiger partial charge in [0.05, 0.1) is 12.7 Å². The van der Waals surface area contributed by atoms with E-state index in [0.29, 0.717) is 5.92 Å². The van der Waals surface area contributed by atoms with Crippen molar-refractivity contribution in [3.05, 3.63) is 0 Å². The first-order chi connectivity index (χ1) is 9.22. The Morgan fingerprint density at radius 3 is 2.37 bits per heavy atom. The number of rotatable bonds is 5. The summed E-state index contributed by atoms with van der Waals surface area (Å²) in [6.07, 6.45) is 4.58. The number of hydrogen-bond acceptors (Lipinski definition) is 4. The third-order valence-corrected chi connectivity index (χ3v) is 5.00. The lowest BCUT2D eigenvalue weighted by Gasteiger charge is -2.40. The predicted octanol–water partition coefficient (Wildman–Crippen LogP) is 0.783. The van der Waals surface area contributed by atoms with Crippen molar-refractivity contribution in [3.8, 4) is 0 Å². The molecule has 1 aliphatic heterocycles. The molecule has 1 saturated heterocycles. The van der Waals surface area contributed by atoms with E-state index in [9.17, 15) is 5.11 Å². The van der Waals surface area contributed by atoms with E-state index in [1.807, 2.05) is 0 Å².